The molecule has 2 atom stereocenters. The van der Waals surface area contributed by atoms with Crippen molar-refractivity contribution in [1.29, 1.82) is 0 Å². The number of ether oxygens (including phenoxy) is 3. The Balaban J connectivity index is 2.73. The SMILES string of the molecule is CCO[C@H]1C[C@H](CC=O)C(C(=O)OC)=CO1. The number of aldehydes is 1. The molecule has 90 valence electrons. The zero-order chi connectivity index (χ0) is 12.0. The highest BCUT2D eigenvalue weighted by molar-refractivity contribution is 5.89. The molecule has 0 amide bonds. The molecule has 0 bridgehead atoms. The van der Waals surface area contributed by atoms with Crippen molar-refractivity contribution < 1.29 is 23.8 Å². The van der Waals surface area contributed by atoms with Crippen molar-refractivity contribution >= 4 is 12.3 Å². The first-order chi connectivity index (χ1) is 7.72. The van der Waals surface area contributed by atoms with E-state index in [9.17, 15) is 9.59 Å². The monoisotopic (exact) mass is 228 g/mol. The normalized spacial score (nSPS) is 24.2. The van der Waals surface area contributed by atoms with Crippen molar-refractivity contribution in [2.45, 2.75) is 26.1 Å². The van der Waals surface area contributed by atoms with Crippen LogP contribution in [0.25, 0.3) is 0 Å². The van der Waals surface area contributed by atoms with E-state index in [1.54, 1.807) is 0 Å². The summed E-state index contributed by atoms with van der Waals surface area (Å²) in [6, 6.07) is 0. The summed E-state index contributed by atoms with van der Waals surface area (Å²) >= 11 is 0. The highest BCUT2D eigenvalue weighted by Crippen LogP contribution is 2.28. The van der Waals surface area contributed by atoms with Crippen molar-refractivity contribution in [2.75, 3.05) is 13.7 Å². The standard InChI is InChI=1S/C11H16O5/c1-3-15-10-6-8(4-5-12)9(7-16-10)11(13)14-2/h5,7-8,10H,3-4,6H2,1-2H3/t8-,10+/m0/s1. The fourth-order valence-corrected chi connectivity index (χ4v) is 1.63. The van der Waals surface area contributed by atoms with Crippen LogP contribution < -0.4 is 0 Å². The number of hydrogen-bond acceptors (Lipinski definition) is 5. The van der Waals surface area contributed by atoms with Crippen molar-refractivity contribution in [3.63, 3.8) is 0 Å². The third-order valence-electron chi connectivity index (χ3n) is 2.42. The number of carbonyl (C=O) groups is 2. The second-order valence-corrected chi connectivity index (χ2v) is 3.42. The van der Waals surface area contributed by atoms with Crippen molar-refractivity contribution in [3.8, 4) is 0 Å². The second-order valence-electron chi connectivity index (χ2n) is 3.42. The Bertz CT molecular complexity index is 284. The van der Waals surface area contributed by atoms with Gasteiger partial charge in [0.25, 0.3) is 0 Å². The quantitative estimate of drug-likeness (QED) is 0.519. The molecule has 5 nitrogen and oxygen atoms in total. The lowest BCUT2D eigenvalue weighted by Gasteiger charge is -2.27. The smallest absolute Gasteiger partial charge is 0.337 e. The first-order valence-electron chi connectivity index (χ1n) is 5.22. The van der Waals surface area contributed by atoms with Crippen LogP contribution in [0.2, 0.25) is 0 Å². The Morgan fingerprint density at radius 1 is 1.69 bits per heavy atom. The fourth-order valence-electron chi connectivity index (χ4n) is 1.63. The minimum Gasteiger partial charge on any atom is -0.472 e. The first-order valence-corrected chi connectivity index (χ1v) is 5.22. The van der Waals surface area contributed by atoms with Crippen LogP contribution in [0.1, 0.15) is 19.8 Å². The topological polar surface area (TPSA) is 61.8 Å². The Kier molecular flexibility index (Phi) is 4.98. The van der Waals surface area contributed by atoms with Gasteiger partial charge in [0.15, 0.2) is 6.29 Å². The van der Waals surface area contributed by atoms with Gasteiger partial charge in [-0.05, 0) is 6.92 Å². The van der Waals surface area contributed by atoms with Gasteiger partial charge in [0.1, 0.15) is 6.29 Å². The molecule has 0 aromatic carbocycles. The van der Waals surface area contributed by atoms with E-state index in [1.165, 1.54) is 13.4 Å². The van der Waals surface area contributed by atoms with Gasteiger partial charge in [0.05, 0.1) is 18.9 Å². The van der Waals surface area contributed by atoms with Gasteiger partial charge in [-0.3, -0.25) is 0 Å². The molecule has 0 radical (unpaired) electrons. The summed E-state index contributed by atoms with van der Waals surface area (Å²) in [6.07, 6.45) is 2.50. The summed E-state index contributed by atoms with van der Waals surface area (Å²) in [5, 5.41) is 0. The zero-order valence-electron chi connectivity index (χ0n) is 9.47. The molecule has 1 aliphatic heterocycles. The molecular weight excluding hydrogens is 212 g/mol. The van der Waals surface area contributed by atoms with Gasteiger partial charge in [-0.25, -0.2) is 4.79 Å². The van der Waals surface area contributed by atoms with Gasteiger partial charge >= 0.3 is 5.97 Å². The summed E-state index contributed by atoms with van der Waals surface area (Å²) in [5.74, 6) is -0.642. The predicted molar refractivity (Wildman–Crippen MR) is 55.4 cm³/mol. The zero-order valence-corrected chi connectivity index (χ0v) is 9.47. The van der Waals surface area contributed by atoms with E-state index in [0.29, 0.717) is 18.6 Å². The van der Waals surface area contributed by atoms with Gasteiger partial charge in [-0.15, -0.1) is 0 Å². The van der Waals surface area contributed by atoms with Crippen LogP contribution in [-0.2, 0) is 23.8 Å². The number of esters is 1. The minimum absolute atomic E-state index is 0.185. The van der Waals surface area contributed by atoms with E-state index < -0.39 is 5.97 Å². The molecule has 0 unspecified atom stereocenters. The van der Waals surface area contributed by atoms with E-state index >= 15 is 0 Å². The number of hydrogen-bond donors (Lipinski definition) is 0. The van der Waals surface area contributed by atoms with Crippen LogP contribution in [0.5, 0.6) is 0 Å². The molecular formula is C11H16O5. The number of rotatable bonds is 5. The summed E-state index contributed by atoms with van der Waals surface area (Å²) in [7, 11) is 1.30. The molecule has 0 aromatic heterocycles. The van der Waals surface area contributed by atoms with Crippen LogP contribution >= 0.6 is 0 Å². The molecule has 0 saturated carbocycles. The summed E-state index contributed by atoms with van der Waals surface area (Å²) in [5.41, 5.74) is 0.394. The van der Waals surface area contributed by atoms with Crippen molar-refractivity contribution in [3.05, 3.63) is 11.8 Å². The van der Waals surface area contributed by atoms with Crippen molar-refractivity contribution in [1.82, 2.24) is 0 Å². The maximum absolute atomic E-state index is 11.4. The Hall–Kier alpha value is -1.36. The molecule has 1 rings (SSSR count). The molecule has 1 heterocycles. The lowest BCUT2D eigenvalue weighted by molar-refractivity contribution is -0.143. The molecule has 0 aliphatic carbocycles. The van der Waals surface area contributed by atoms with Crippen molar-refractivity contribution in [2.24, 2.45) is 5.92 Å². The highest BCUT2D eigenvalue weighted by atomic mass is 16.7. The van der Waals surface area contributed by atoms with E-state index in [0.717, 1.165) is 6.29 Å². The summed E-state index contributed by atoms with van der Waals surface area (Å²) in [6.45, 7) is 2.39. The maximum Gasteiger partial charge on any atom is 0.337 e. The van der Waals surface area contributed by atoms with Gasteiger partial charge in [0.2, 0.25) is 0 Å². The molecule has 0 aromatic rings. The van der Waals surface area contributed by atoms with E-state index in [4.69, 9.17) is 9.47 Å². The maximum atomic E-state index is 11.4. The molecule has 0 fully saturated rings. The van der Waals surface area contributed by atoms with E-state index in [2.05, 4.69) is 4.74 Å². The van der Waals surface area contributed by atoms with Crippen LogP contribution in [0.3, 0.4) is 0 Å². The van der Waals surface area contributed by atoms with Gasteiger partial charge < -0.3 is 19.0 Å². The van der Waals surface area contributed by atoms with Gasteiger partial charge in [0, 0.05) is 25.4 Å². The third kappa shape index (κ3) is 3.06. The van der Waals surface area contributed by atoms with Crippen LogP contribution in [-0.4, -0.2) is 32.3 Å². The number of carbonyl (C=O) groups excluding carboxylic acids is 2. The lowest BCUT2D eigenvalue weighted by Crippen LogP contribution is -2.28. The molecule has 0 saturated heterocycles. The predicted octanol–water partition coefficient (Wildman–Crippen LogP) is 1.03. The average molecular weight is 228 g/mol. The Morgan fingerprint density at radius 3 is 3.00 bits per heavy atom. The fraction of sp³-hybridized carbons (Fsp3) is 0.636. The third-order valence-corrected chi connectivity index (χ3v) is 2.42. The van der Waals surface area contributed by atoms with E-state index in [-0.39, 0.29) is 18.6 Å². The molecule has 0 N–H and O–H groups in total. The lowest BCUT2D eigenvalue weighted by atomic mass is 9.92. The first kappa shape index (κ1) is 12.7. The minimum atomic E-state index is -0.457. The summed E-state index contributed by atoms with van der Waals surface area (Å²) < 4.78 is 15.1. The second kappa shape index (κ2) is 6.27. The Morgan fingerprint density at radius 2 is 2.44 bits per heavy atom. The summed E-state index contributed by atoms with van der Waals surface area (Å²) in [4.78, 5) is 21.9. The van der Waals surface area contributed by atoms with Crippen LogP contribution in [0, 0.1) is 5.92 Å². The number of methoxy groups -OCH3 is 1. The largest absolute Gasteiger partial charge is 0.472 e. The molecule has 0 spiro atoms. The van der Waals surface area contributed by atoms with Gasteiger partial charge in [-0.1, -0.05) is 0 Å². The van der Waals surface area contributed by atoms with Crippen LogP contribution in [0.4, 0.5) is 0 Å². The van der Waals surface area contributed by atoms with Crippen LogP contribution in [0.15, 0.2) is 11.8 Å². The van der Waals surface area contributed by atoms with Gasteiger partial charge in [-0.2, -0.15) is 0 Å². The molecule has 16 heavy (non-hydrogen) atoms. The highest BCUT2D eigenvalue weighted by Gasteiger charge is 2.30. The van der Waals surface area contributed by atoms with E-state index in [1.807, 2.05) is 6.92 Å². The average Bonchev–Trinajstić information content (AvgIpc) is 2.29. The molecule has 5 heteroatoms. The Labute approximate surface area is 94.4 Å². The molecule has 1 aliphatic rings.